The third kappa shape index (κ3) is 10.2. The molecule has 1 N–H and O–H groups in total. The van der Waals surface area contributed by atoms with Gasteiger partial charge in [0.15, 0.2) is 23.1 Å². The summed E-state index contributed by atoms with van der Waals surface area (Å²) in [7, 11) is 2.93. The van der Waals surface area contributed by atoms with Crippen LogP contribution in [0.3, 0.4) is 0 Å². The van der Waals surface area contributed by atoms with Crippen molar-refractivity contribution in [2.75, 3.05) is 27.4 Å². The Morgan fingerprint density at radius 2 is 1.15 bits per heavy atom. The number of fused-ring (bicyclic) bond motifs is 2. The van der Waals surface area contributed by atoms with Gasteiger partial charge in [-0.3, -0.25) is 4.79 Å². The first-order chi connectivity index (χ1) is 30.2. The molecule has 0 spiro atoms. The molecule has 0 radical (unpaired) electrons. The van der Waals surface area contributed by atoms with Crippen LogP contribution in [0, 0.1) is 23.0 Å². The van der Waals surface area contributed by atoms with Crippen molar-refractivity contribution >= 4 is 54.7 Å². The van der Waals surface area contributed by atoms with Gasteiger partial charge in [-0.05, 0) is 112 Å². The first-order valence-corrected chi connectivity index (χ1v) is 21.5. The lowest BCUT2D eigenvalue weighted by Gasteiger charge is -2.07. The summed E-state index contributed by atoms with van der Waals surface area (Å²) in [5.74, 6) is -0.734. The molecule has 2 aromatic heterocycles. The van der Waals surface area contributed by atoms with E-state index in [1.54, 1.807) is 66.0 Å². The quantitative estimate of drug-likeness (QED) is 0.0916. The molecule has 0 aliphatic rings. The molecule has 11 heteroatoms. The highest BCUT2D eigenvalue weighted by atomic mass is 32.1. The van der Waals surface area contributed by atoms with E-state index in [-0.39, 0.29) is 41.4 Å². The van der Waals surface area contributed by atoms with Crippen molar-refractivity contribution in [2.45, 2.75) is 26.2 Å². The maximum atomic E-state index is 13.7. The highest BCUT2D eigenvalue weighted by Crippen LogP contribution is 2.38. The Morgan fingerprint density at radius 3 is 1.65 bits per heavy atom. The first kappa shape index (κ1) is 43.2. The van der Waals surface area contributed by atoms with Crippen molar-refractivity contribution < 1.29 is 32.6 Å². The van der Waals surface area contributed by atoms with Gasteiger partial charge in [-0.2, -0.15) is 5.26 Å². The summed E-state index contributed by atoms with van der Waals surface area (Å²) >= 11 is 3.40. The zero-order valence-electron chi connectivity index (χ0n) is 34.3. The highest BCUT2D eigenvalue weighted by Gasteiger charge is 2.15. The number of esters is 1. The molecular formula is C51H42F2N2O5S2. The number of hydrogen-bond acceptors (Lipinski definition) is 8. The van der Waals surface area contributed by atoms with Crippen LogP contribution < -0.4 is 14.8 Å². The fraction of sp³-hybridized carbons (Fsp3) is 0.157. The van der Waals surface area contributed by atoms with Gasteiger partial charge < -0.3 is 19.5 Å². The van der Waals surface area contributed by atoms with E-state index in [4.69, 9.17) is 19.5 Å². The fourth-order valence-corrected chi connectivity index (χ4v) is 9.54. The van der Waals surface area contributed by atoms with Gasteiger partial charge in [0.05, 0.1) is 38.9 Å². The topological polar surface area (TPSA) is 97.7 Å². The van der Waals surface area contributed by atoms with Crippen molar-refractivity contribution in [1.82, 2.24) is 5.32 Å². The summed E-state index contributed by atoms with van der Waals surface area (Å²) in [6.07, 6.45) is 1.65. The summed E-state index contributed by atoms with van der Waals surface area (Å²) in [5.41, 5.74) is 7.14. The molecule has 0 atom stereocenters. The Bertz CT molecular complexity index is 2930. The lowest BCUT2D eigenvalue weighted by atomic mass is 10.0. The molecule has 1 amide bonds. The van der Waals surface area contributed by atoms with Gasteiger partial charge in [0.1, 0.15) is 0 Å². The summed E-state index contributed by atoms with van der Waals surface area (Å²) in [6, 6.07) is 43.6. The first-order valence-electron chi connectivity index (χ1n) is 19.9. The van der Waals surface area contributed by atoms with E-state index in [1.165, 1.54) is 31.2 Å². The standard InChI is InChI=1S/C26H21FN2O2S.C25H21FO3S/c1-31-24-14-17(9-10-23(24)27)13-21-16-19-6-3-8-22(25(19)32-21)18-5-2-7-20(15-18)26(30)29-12-4-11-28;1-3-29-25(27)19-8-4-6-17(14-19)21-9-5-7-18-15-20(30-24(18)21)12-16-10-11-22(26)23(13-16)28-2/h2-3,5-10,14-16H,4,12-13H2,1H3,(H,29,30);4-11,13-15H,3,12H2,1-2H3. The summed E-state index contributed by atoms with van der Waals surface area (Å²) in [5, 5.41) is 13.7. The third-order valence-corrected chi connectivity index (χ3v) is 12.4. The molecule has 0 bridgehead atoms. The molecule has 0 fully saturated rings. The smallest absolute Gasteiger partial charge is 0.338 e. The number of nitrogens with one attached hydrogen (secondary N) is 1. The minimum Gasteiger partial charge on any atom is -0.494 e. The molecule has 6 aromatic carbocycles. The molecule has 0 saturated carbocycles. The second-order valence-electron chi connectivity index (χ2n) is 14.2. The van der Waals surface area contributed by atoms with Crippen LogP contribution in [0.2, 0.25) is 0 Å². The van der Waals surface area contributed by atoms with Gasteiger partial charge in [0.25, 0.3) is 5.91 Å². The Hall–Kier alpha value is -6.87. The van der Waals surface area contributed by atoms with Crippen LogP contribution in [0.1, 0.15) is 54.9 Å². The normalized spacial score (nSPS) is 10.8. The molecule has 0 unspecified atom stereocenters. The van der Waals surface area contributed by atoms with E-state index in [9.17, 15) is 18.4 Å². The molecule has 0 aliphatic heterocycles. The van der Waals surface area contributed by atoms with Crippen molar-refractivity contribution in [3.63, 3.8) is 0 Å². The Kier molecular flexibility index (Phi) is 14.0. The summed E-state index contributed by atoms with van der Waals surface area (Å²) < 4.78 is 45.0. The van der Waals surface area contributed by atoms with E-state index in [0.29, 0.717) is 37.1 Å². The van der Waals surface area contributed by atoms with Crippen LogP contribution >= 0.6 is 22.7 Å². The number of ether oxygens (including phenoxy) is 3. The van der Waals surface area contributed by atoms with Gasteiger partial charge in [0.2, 0.25) is 0 Å². The SMILES string of the molecule is CCOC(=O)c1cccc(-c2cccc3cc(Cc4ccc(F)c(OC)c4)sc23)c1.COc1cc(Cc2cc3cccc(-c4cccc(C(=O)NCCC#N)c4)c3s2)ccc1F. The molecule has 2 heterocycles. The largest absolute Gasteiger partial charge is 0.494 e. The Labute approximate surface area is 366 Å². The second kappa shape index (κ2) is 20.1. The molecule has 8 rings (SSSR count). The monoisotopic (exact) mass is 864 g/mol. The molecule has 0 saturated heterocycles. The maximum Gasteiger partial charge on any atom is 0.338 e. The van der Waals surface area contributed by atoms with Crippen molar-refractivity contribution in [3.05, 3.63) is 177 Å². The zero-order chi connectivity index (χ0) is 43.6. The summed E-state index contributed by atoms with van der Waals surface area (Å²) in [6.45, 7) is 2.48. The average molecular weight is 865 g/mol. The molecule has 7 nitrogen and oxygen atoms in total. The predicted octanol–water partition coefficient (Wildman–Crippen LogP) is 12.4. The van der Waals surface area contributed by atoms with Gasteiger partial charge >= 0.3 is 5.97 Å². The number of rotatable bonds is 13. The predicted molar refractivity (Wildman–Crippen MR) is 245 cm³/mol. The number of methoxy groups -OCH3 is 2. The van der Waals surface area contributed by atoms with E-state index >= 15 is 0 Å². The van der Waals surface area contributed by atoms with Crippen LogP contribution in [0.15, 0.2) is 133 Å². The van der Waals surface area contributed by atoms with Crippen LogP contribution in [0.5, 0.6) is 11.5 Å². The minimum absolute atomic E-state index is 0.189. The number of nitrogens with zero attached hydrogens (tertiary/aromatic N) is 1. The second-order valence-corrected chi connectivity index (χ2v) is 16.5. The Balaban J connectivity index is 0.000000187. The van der Waals surface area contributed by atoms with Gasteiger partial charge in [-0.15, -0.1) is 22.7 Å². The van der Waals surface area contributed by atoms with E-state index in [0.717, 1.165) is 58.4 Å². The van der Waals surface area contributed by atoms with Gasteiger partial charge in [0, 0.05) is 44.1 Å². The number of halogens is 2. The van der Waals surface area contributed by atoms with Gasteiger partial charge in [-0.25, -0.2) is 13.6 Å². The van der Waals surface area contributed by atoms with Crippen LogP contribution in [-0.4, -0.2) is 39.2 Å². The molecule has 0 aliphatic carbocycles. The lowest BCUT2D eigenvalue weighted by Crippen LogP contribution is -2.24. The van der Waals surface area contributed by atoms with E-state index in [1.807, 2.05) is 54.6 Å². The van der Waals surface area contributed by atoms with Crippen LogP contribution in [0.4, 0.5) is 8.78 Å². The third-order valence-electron chi connectivity index (χ3n) is 10.0. The van der Waals surface area contributed by atoms with Crippen molar-refractivity contribution in [1.29, 1.82) is 5.26 Å². The fourth-order valence-electron chi connectivity index (χ4n) is 7.08. The molecular weight excluding hydrogens is 823 g/mol. The average Bonchev–Trinajstić information content (AvgIpc) is 3.91. The molecule has 62 heavy (non-hydrogen) atoms. The van der Waals surface area contributed by atoms with Crippen LogP contribution in [-0.2, 0) is 17.6 Å². The number of amides is 1. The zero-order valence-corrected chi connectivity index (χ0v) is 35.9. The number of thiophene rings is 2. The molecule has 8 aromatic rings. The number of hydrogen-bond donors (Lipinski definition) is 1. The maximum absolute atomic E-state index is 13.7. The van der Waals surface area contributed by atoms with Crippen molar-refractivity contribution in [3.8, 4) is 39.8 Å². The number of carbonyl (C=O) groups excluding carboxylic acids is 2. The van der Waals surface area contributed by atoms with Crippen LogP contribution in [0.25, 0.3) is 42.4 Å². The number of carbonyl (C=O) groups is 2. The Morgan fingerprint density at radius 1 is 0.645 bits per heavy atom. The molecule has 312 valence electrons. The minimum atomic E-state index is -0.369. The van der Waals surface area contributed by atoms with Crippen molar-refractivity contribution in [2.24, 2.45) is 0 Å². The number of nitriles is 1. The summed E-state index contributed by atoms with van der Waals surface area (Å²) in [4.78, 5) is 26.8. The lowest BCUT2D eigenvalue weighted by molar-refractivity contribution is 0.0526. The highest BCUT2D eigenvalue weighted by molar-refractivity contribution is 7.20. The van der Waals surface area contributed by atoms with E-state index in [2.05, 4.69) is 41.7 Å². The van der Waals surface area contributed by atoms with Gasteiger partial charge in [-0.1, -0.05) is 72.8 Å². The van der Waals surface area contributed by atoms with E-state index < -0.39 is 0 Å². The number of benzene rings is 6.